The topological polar surface area (TPSA) is 53.1 Å². The first kappa shape index (κ1) is 15.4. The minimum atomic E-state index is 0.343. The van der Waals surface area contributed by atoms with Gasteiger partial charge in [-0.25, -0.2) is 0 Å². The van der Waals surface area contributed by atoms with Crippen LogP contribution in [0.1, 0.15) is 37.9 Å². The number of benzene rings is 1. The molecule has 2 aromatic rings. The van der Waals surface area contributed by atoms with Gasteiger partial charge in [0.1, 0.15) is 11.6 Å². The Morgan fingerprint density at radius 2 is 1.90 bits per heavy atom. The summed E-state index contributed by atoms with van der Waals surface area (Å²) < 4.78 is 7.19. The second-order valence-electron chi connectivity index (χ2n) is 5.99. The van der Waals surface area contributed by atoms with Crippen LogP contribution in [0.4, 0.5) is 5.82 Å². The number of ether oxygens (including phenoxy) is 1. The van der Waals surface area contributed by atoms with E-state index in [0.717, 1.165) is 28.1 Å². The zero-order valence-electron chi connectivity index (χ0n) is 13.8. The lowest BCUT2D eigenvalue weighted by molar-refractivity contribution is 0.412. The molecule has 0 saturated carbocycles. The lowest BCUT2D eigenvalue weighted by Gasteiger charge is -2.16. The van der Waals surface area contributed by atoms with Crippen LogP contribution in [0, 0.1) is 12.8 Å². The van der Waals surface area contributed by atoms with E-state index in [1.54, 1.807) is 11.8 Å². The molecule has 0 fully saturated rings. The zero-order valence-corrected chi connectivity index (χ0v) is 13.8. The van der Waals surface area contributed by atoms with Crippen LogP contribution in [-0.2, 0) is 7.05 Å². The summed E-state index contributed by atoms with van der Waals surface area (Å²) in [5.74, 6) is 2.42. The molecule has 1 aromatic carbocycles. The quantitative estimate of drug-likeness (QED) is 0.931. The number of hydrogen-bond donors (Lipinski definition) is 1. The Morgan fingerprint density at radius 1 is 1.24 bits per heavy atom. The van der Waals surface area contributed by atoms with E-state index in [9.17, 15) is 0 Å². The number of anilines is 1. The van der Waals surface area contributed by atoms with Gasteiger partial charge in [0.2, 0.25) is 0 Å². The van der Waals surface area contributed by atoms with Crippen molar-refractivity contribution in [2.45, 2.75) is 33.6 Å². The molecular weight excluding hydrogens is 262 g/mol. The number of aryl methyl sites for hydroxylation is 2. The Morgan fingerprint density at radius 3 is 2.48 bits per heavy atom. The molecule has 0 bridgehead atoms. The zero-order chi connectivity index (χ0) is 15.7. The monoisotopic (exact) mass is 287 g/mol. The number of nitrogens with zero attached hydrogens (tertiary/aromatic N) is 2. The van der Waals surface area contributed by atoms with E-state index in [4.69, 9.17) is 10.5 Å². The van der Waals surface area contributed by atoms with Gasteiger partial charge in [-0.15, -0.1) is 0 Å². The maximum absolute atomic E-state index is 6.26. The highest BCUT2D eigenvalue weighted by Crippen LogP contribution is 2.38. The fourth-order valence-corrected chi connectivity index (χ4v) is 2.46. The fourth-order valence-electron chi connectivity index (χ4n) is 2.46. The molecule has 0 radical (unpaired) electrons. The van der Waals surface area contributed by atoms with E-state index in [1.807, 2.05) is 20.0 Å². The van der Waals surface area contributed by atoms with Crippen molar-refractivity contribution in [3.63, 3.8) is 0 Å². The maximum atomic E-state index is 6.26. The molecule has 114 valence electrons. The van der Waals surface area contributed by atoms with Crippen LogP contribution < -0.4 is 10.5 Å². The summed E-state index contributed by atoms with van der Waals surface area (Å²) in [6, 6.07) is 6.19. The molecule has 0 spiro atoms. The summed E-state index contributed by atoms with van der Waals surface area (Å²) in [5.41, 5.74) is 10.5. The van der Waals surface area contributed by atoms with Crippen molar-refractivity contribution in [3.8, 4) is 16.9 Å². The second-order valence-corrected chi connectivity index (χ2v) is 5.99. The molecule has 2 rings (SSSR count). The smallest absolute Gasteiger partial charge is 0.129 e. The van der Waals surface area contributed by atoms with Crippen LogP contribution in [-0.4, -0.2) is 16.9 Å². The molecule has 0 aliphatic carbocycles. The summed E-state index contributed by atoms with van der Waals surface area (Å²) in [6.45, 7) is 8.64. The number of methoxy groups -OCH3 is 1. The molecule has 21 heavy (non-hydrogen) atoms. The average molecular weight is 287 g/mol. The highest BCUT2D eigenvalue weighted by Gasteiger charge is 2.23. The molecule has 0 amide bonds. The average Bonchev–Trinajstić information content (AvgIpc) is 2.74. The van der Waals surface area contributed by atoms with Gasteiger partial charge in [0.25, 0.3) is 0 Å². The molecule has 1 unspecified atom stereocenters. The van der Waals surface area contributed by atoms with Crippen molar-refractivity contribution in [2.24, 2.45) is 13.0 Å². The van der Waals surface area contributed by atoms with Crippen LogP contribution in [0.2, 0.25) is 0 Å². The summed E-state index contributed by atoms with van der Waals surface area (Å²) in [6.07, 6.45) is 0. The predicted molar refractivity (Wildman–Crippen MR) is 87.6 cm³/mol. The first-order chi connectivity index (χ1) is 9.86. The Balaban J connectivity index is 2.63. The van der Waals surface area contributed by atoms with E-state index in [-0.39, 0.29) is 0 Å². The van der Waals surface area contributed by atoms with Gasteiger partial charge in [-0.3, -0.25) is 4.68 Å². The van der Waals surface area contributed by atoms with E-state index in [2.05, 4.69) is 38.0 Å². The van der Waals surface area contributed by atoms with Crippen molar-refractivity contribution in [2.75, 3.05) is 12.8 Å². The van der Waals surface area contributed by atoms with Gasteiger partial charge in [0, 0.05) is 18.5 Å². The first-order valence-corrected chi connectivity index (χ1v) is 7.34. The molecule has 0 aliphatic rings. The summed E-state index contributed by atoms with van der Waals surface area (Å²) in [5, 5.41) is 4.64. The van der Waals surface area contributed by atoms with Crippen LogP contribution in [0.3, 0.4) is 0 Å². The molecule has 1 atom stereocenters. The van der Waals surface area contributed by atoms with Gasteiger partial charge < -0.3 is 10.5 Å². The van der Waals surface area contributed by atoms with Gasteiger partial charge in [0.15, 0.2) is 0 Å². The van der Waals surface area contributed by atoms with Crippen LogP contribution in [0.25, 0.3) is 11.1 Å². The van der Waals surface area contributed by atoms with Gasteiger partial charge in [-0.1, -0.05) is 32.9 Å². The minimum absolute atomic E-state index is 0.343. The van der Waals surface area contributed by atoms with Gasteiger partial charge in [-0.05, 0) is 30.0 Å². The third-order valence-electron chi connectivity index (χ3n) is 4.25. The lowest BCUT2D eigenvalue weighted by atomic mass is 9.90. The Kier molecular flexibility index (Phi) is 4.26. The Hall–Kier alpha value is -1.97. The largest absolute Gasteiger partial charge is 0.496 e. The molecule has 4 heteroatoms. The number of hydrogen-bond acceptors (Lipinski definition) is 3. The van der Waals surface area contributed by atoms with Gasteiger partial charge >= 0.3 is 0 Å². The van der Waals surface area contributed by atoms with Crippen molar-refractivity contribution in [1.82, 2.24) is 9.78 Å². The third-order valence-corrected chi connectivity index (χ3v) is 4.25. The molecule has 4 nitrogen and oxygen atoms in total. The van der Waals surface area contributed by atoms with Crippen molar-refractivity contribution >= 4 is 5.82 Å². The molecular formula is C17H25N3O. The van der Waals surface area contributed by atoms with E-state index >= 15 is 0 Å². The number of nitrogen functional groups attached to an aromatic ring is 1. The van der Waals surface area contributed by atoms with Crippen molar-refractivity contribution in [1.29, 1.82) is 0 Å². The molecule has 0 saturated heterocycles. The van der Waals surface area contributed by atoms with Gasteiger partial charge in [0.05, 0.1) is 12.8 Å². The number of nitrogens with two attached hydrogens (primary N) is 1. The Labute approximate surface area is 126 Å². The number of rotatable bonds is 4. The van der Waals surface area contributed by atoms with Crippen LogP contribution in [0.5, 0.6) is 5.75 Å². The fraction of sp³-hybridized carbons (Fsp3) is 0.471. The van der Waals surface area contributed by atoms with Crippen LogP contribution in [0.15, 0.2) is 18.2 Å². The summed E-state index contributed by atoms with van der Waals surface area (Å²) >= 11 is 0. The third kappa shape index (κ3) is 2.75. The van der Waals surface area contributed by atoms with E-state index in [0.29, 0.717) is 17.7 Å². The summed E-state index contributed by atoms with van der Waals surface area (Å²) in [7, 11) is 3.58. The predicted octanol–water partition coefficient (Wildman–Crippen LogP) is 3.75. The normalized spacial score (nSPS) is 12.7. The first-order valence-electron chi connectivity index (χ1n) is 7.34. The van der Waals surface area contributed by atoms with Crippen molar-refractivity contribution in [3.05, 3.63) is 29.5 Å². The summed E-state index contributed by atoms with van der Waals surface area (Å²) in [4.78, 5) is 0. The maximum Gasteiger partial charge on any atom is 0.129 e. The highest BCUT2D eigenvalue weighted by molar-refractivity contribution is 5.78. The van der Waals surface area contributed by atoms with Gasteiger partial charge in [-0.2, -0.15) is 5.10 Å². The second kappa shape index (κ2) is 5.80. The number of aromatic nitrogens is 2. The van der Waals surface area contributed by atoms with Crippen molar-refractivity contribution < 1.29 is 4.74 Å². The van der Waals surface area contributed by atoms with E-state index < -0.39 is 0 Å². The molecule has 1 heterocycles. The lowest BCUT2D eigenvalue weighted by Crippen LogP contribution is -2.05. The standard InChI is InChI=1S/C17H25N3O/c1-10(2)12(4)16-15(17(18)20(5)19-16)13-8-7-11(3)14(9-13)21-6/h7-10,12H,18H2,1-6H3. The molecule has 1 aromatic heterocycles. The highest BCUT2D eigenvalue weighted by atomic mass is 16.5. The minimum Gasteiger partial charge on any atom is -0.496 e. The molecule has 2 N–H and O–H groups in total. The Bertz CT molecular complexity index is 644. The van der Waals surface area contributed by atoms with Crippen LogP contribution >= 0.6 is 0 Å². The van der Waals surface area contributed by atoms with E-state index in [1.165, 1.54) is 0 Å². The molecule has 0 aliphatic heterocycles. The SMILES string of the molecule is COc1cc(-c2c(C(C)C(C)C)nn(C)c2N)ccc1C.